The zero-order valence-corrected chi connectivity index (χ0v) is 14.3. The Bertz CT molecular complexity index is 811. The summed E-state index contributed by atoms with van der Waals surface area (Å²) in [6.45, 7) is 3.38. The summed E-state index contributed by atoms with van der Waals surface area (Å²) in [6.07, 6.45) is 0. The third-order valence-corrected chi connectivity index (χ3v) is 4.17. The normalized spacial score (nSPS) is 11.6. The van der Waals surface area contributed by atoms with Crippen LogP contribution in [0.5, 0.6) is 5.75 Å². The number of Topliss-reactive ketones (excluding diaryl/α,β-unsaturated/α-hetero) is 1. The van der Waals surface area contributed by atoms with Gasteiger partial charge >= 0.3 is 0 Å². The molecule has 1 N–H and O–H groups in total. The van der Waals surface area contributed by atoms with Gasteiger partial charge in [0.25, 0.3) is 0 Å². The number of ether oxygens (including phenoxy) is 1. The van der Waals surface area contributed by atoms with Gasteiger partial charge in [-0.05, 0) is 42.0 Å². The van der Waals surface area contributed by atoms with E-state index < -0.39 is 5.92 Å². The fraction of sp³-hybridized carbons (Fsp3) is 0.333. The van der Waals surface area contributed by atoms with E-state index in [1.165, 1.54) is 11.6 Å². The van der Waals surface area contributed by atoms with Gasteiger partial charge in [0.1, 0.15) is 17.4 Å². The van der Waals surface area contributed by atoms with Gasteiger partial charge in [0.05, 0.1) is 18.9 Å². The number of nitrogens with zero attached hydrogens (tertiary/aromatic N) is 5. The average molecular weight is 344 g/mol. The minimum Gasteiger partial charge on any atom is -0.494 e. The molecule has 8 nitrogen and oxygen atoms in total. The topological polar surface area (TPSA) is 118 Å². The Hall–Kier alpha value is -2.73. The van der Waals surface area contributed by atoms with Crippen LogP contribution in [0, 0.1) is 29.6 Å². The lowest BCUT2D eigenvalue weighted by atomic mass is 10.0. The number of hydrogen-bond donors (Lipinski definition) is 1. The maximum atomic E-state index is 12.0. The first-order chi connectivity index (χ1) is 11.5. The Morgan fingerprint density at radius 3 is 2.92 bits per heavy atom. The van der Waals surface area contributed by atoms with E-state index >= 15 is 0 Å². The summed E-state index contributed by atoms with van der Waals surface area (Å²) in [7, 11) is 1.55. The first-order valence-electron chi connectivity index (χ1n) is 7.01. The molecule has 0 bridgehead atoms. The first kappa shape index (κ1) is 17.6. The number of methoxy groups -OCH3 is 1. The Balaban J connectivity index is 2.23. The minimum absolute atomic E-state index is 0.00293. The van der Waals surface area contributed by atoms with Crippen LogP contribution in [-0.4, -0.2) is 44.6 Å². The van der Waals surface area contributed by atoms with Gasteiger partial charge in [0.2, 0.25) is 5.16 Å². The summed E-state index contributed by atoms with van der Waals surface area (Å²) >= 11 is 1.12. The fourth-order valence-electron chi connectivity index (χ4n) is 2.01. The number of carbonyl (C=O) groups is 1. The van der Waals surface area contributed by atoms with Crippen molar-refractivity contribution in [3.05, 3.63) is 23.8 Å². The quantitative estimate of drug-likeness (QED) is 0.601. The number of thioether (sulfide) groups is 1. The number of nitrogens with one attached hydrogen (secondary N) is 1. The molecule has 1 aromatic carbocycles. The lowest BCUT2D eigenvalue weighted by Gasteiger charge is -2.10. The third-order valence-electron chi connectivity index (χ3n) is 3.23. The van der Waals surface area contributed by atoms with Crippen molar-refractivity contribution in [3.8, 4) is 17.5 Å². The van der Waals surface area contributed by atoms with E-state index in [9.17, 15) is 4.79 Å². The molecule has 0 amide bonds. The number of aromatic nitrogens is 4. The second kappa shape index (κ2) is 7.70. The number of carbonyl (C=O) groups excluding carboxylic acids is 1. The lowest BCUT2D eigenvalue weighted by molar-refractivity contribution is -0.117. The molecule has 124 valence electrons. The fourth-order valence-corrected chi connectivity index (χ4v) is 2.80. The minimum atomic E-state index is -1.03. The molecule has 0 unspecified atom stereocenters. The molecule has 1 atom stereocenters. The van der Waals surface area contributed by atoms with Crippen LogP contribution in [0.25, 0.3) is 5.69 Å². The molecule has 0 saturated carbocycles. The number of hydrogen-bond acceptors (Lipinski definition) is 8. The molecule has 0 saturated heterocycles. The van der Waals surface area contributed by atoms with E-state index in [2.05, 4.69) is 15.5 Å². The summed E-state index contributed by atoms with van der Waals surface area (Å²) in [5.74, 6) is -0.773. The third kappa shape index (κ3) is 3.78. The Morgan fingerprint density at radius 1 is 1.54 bits per heavy atom. The molecule has 0 spiro atoms. The number of ketones is 1. The number of nitriles is 1. The van der Waals surface area contributed by atoms with Gasteiger partial charge in [0.15, 0.2) is 5.78 Å². The van der Waals surface area contributed by atoms with Gasteiger partial charge in [-0.1, -0.05) is 17.8 Å². The molecule has 1 aromatic heterocycles. The van der Waals surface area contributed by atoms with Crippen LogP contribution in [0.2, 0.25) is 0 Å². The SMILES string of the molecule is COc1ccc(C)cc1-n1nnnc1SCC(=O)[C@H](C#N)C(C)=N. The summed E-state index contributed by atoms with van der Waals surface area (Å²) in [5.41, 5.74) is 1.71. The molecule has 0 aliphatic carbocycles. The Kier molecular flexibility index (Phi) is 5.65. The Labute approximate surface area is 143 Å². The monoisotopic (exact) mass is 344 g/mol. The van der Waals surface area contributed by atoms with Crippen molar-refractivity contribution >= 4 is 23.3 Å². The van der Waals surface area contributed by atoms with Crippen LogP contribution in [-0.2, 0) is 4.79 Å². The highest BCUT2D eigenvalue weighted by Gasteiger charge is 2.22. The summed E-state index contributed by atoms with van der Waals surface area (Å²) in [4.78, 5) is 12.0. The summed E-state index contributed by atoms with van der Waals surface area (Å²) in [5, 5.41) is 28.4. The van der Waals surface area contributed by atoms with Crippen LogP contribution >= 0.6 is 11.8 Å². The van der Waals surface area contributed by atoms with Crippen LogP contribution < -0.4 is 4.74 Å². The molecule has 2 rings (SSSR count). The zero-order chi connectivity index (χ0) is 17.7. The van der Waals surface area contributed by atoms with E-state index in [4.69, 9.17) is 15.4 Å². The van der Waals surface area contributed by atoms with E-state index in [1.807, 2.05) is 31.2 Å². The highest BCUT2D eigenvalue weighted by Crippen LogP contribution is 2.27. The zero-order valence-electron chi connectivity index (χ0n) is 13.5. The van der Waals surface area contributed by atoms with Gasteiger partial charge < -0.3 is 10.1 Å². The van der Waals surface area contributed by atoms with Crippen molar-refractivity contribution < 1.29 is 9.53 Å². The van der Waals surface area contributed by atoms with Crippen molar-refractivity contribution in [1.82, 2.24) is 20.2 Å². The van der Waals surface area contributed by atoms with Crippen LogP contribution in [0.4, 0.5) is 0 Å². The highest BCUT2D eigenvalue weighted by atomic mass is 32.2. The van der Waals surface area contributed by atoms with E-state index in [1.54, 1.807) is 7.11 Å². The van der Waals surface area contributed by atoms with Crippen molar-refractivity contribution in [2.45, 2.75) is 19.0 Å². The maximum Gasteiger partial charge on any atom is 0.214 e. The van der Waals surface area contributed by atoms with Crippen molar-refractivity contribution in [3.63, 3.8) is 0 Å². The predicted octanol–water partition coefficient (Wildman–Crippen LogP) is 1.82. The Morgan fingerprint density at radius 2 is 2.29 bits per heavy atom. The second-order valence-electron chi connectivity index (χ2n) is 5.05. The standard InChI is InChI=1S/C15H16N6O2S/c1-9-4-5-14(23-3)12(6-9)21-15(18-19-20-21)24-8-13(22)11(7-16)10(2)17/h4-6,11,17H,8H2,1-3H3/t11-/m1/s1. The van der Waals surface area contributed by atoms with E-state index in [0.29, 0.717) is 16.6 Å². The van der Waals surface area contributed by atoms with Crippen molar-refractivity contribution in [1.29, 1.82) is 10.7 Å². The highest BCUT2D eigenvalue weighted by molar-refractivity contribution is 7.99. The summed E-state index contributed by atoms with van der Waals surface area (Å²) < 4.78 is 6.82. The largest absolute Gasteiger partial charge is 0.494 e. The van der Waals surface area contributed by atoms with Crippen LogP contribution in [0.3, 0.4) is 0 Å². The van der Waals surface area contributed by atoms with Gasteiger partial charge in [-0.15, -0.1) is 5.10 Å². The van der Waals surface area contributed by atoms with Crippen LogP contribution in [0.1, 0.15) is 12.5 Å². The maximum absolute atomic E-state index is 12.0. The molecular weight excluding hydrogens is 328 g/mol. The predicted molar refractivity (Wildman–Crippen MR) is 88.7 cm³/mol. The molecule has 2 aromatic rings. The number of benzene rings is 1. The van der Waals surface area contributed by atoms with Gasteiger partial charge in [-0.3, -0.25) is 4.79 Å². The average Bonchev–Trinajstić information content (AvgIpc) is 3.01. The van der Waals surface area contributed by atoms with E-state index in [-0.39, 0.29) is 17.2 Å². The van der Waals surface area contributed by atoms with Gasteiger partial charge in [-0.2, -0.15) is 9.94 Å². The molecule has 0 aliphatic heterocycles. The first-order valence-corrected chi connectivity index (χ1v) is 8.00. The molecular formula is C15H16N6O2S. The van der Waals surface area contributed by atoms with Gasteiger partial charge in [0, 0.05) is 5.71 Å². The van der Waals surface area contributed by atoms with Crippen molar-refractivity contribution in [2.24, 2.45) is 5.92 Å². The lowest BCUT2D eigenvalue weighted by Crippen LogP contribution is -2.21. The number of rotatable bonds is 7. The molecule has 9 heteroatoms. The molecule has 0 aliphatic rings. The van der Waals surface area contributed by atoms with Crippen molar-refractivity contribution in [2.75, 3.05) is 12.9 Å². The molecule has 24 heavy (non-hydrogen) atoms. The smallest absolute Gasteiger partial charge is 0.214 e. The molecule has 0 fully saturated rings. The molecule has 1 heterocycles. The van der Waals surface area contributed by atoms with E-state index in [0.717, 1.165) is 17.3 Å². The number of aryl methyl sites for hydroxylation is 1. The van der Waals surface area contributed by atoms with Gasteiger partial charge in [-0.25, -0.2) is 0 Å². The summed E-state index contributed by atoms with van der Waals surface area (Å²) in [6, 6.07) is 7.44. The van der Waals surface area contributed by atoms with Crippen LogP contribution in [0.15, 0.2) is 23.4 Å². The molecule has 0 radical (unpaired) electrons. The number of tetrazole rings is 1. The second-order valence-corrected chi connectivity index (χ2v) is 5.99.